The second-order valence-corrected chi connectivity index (χ2v) is 4.41. The van der Waals surface area contributed by atoms with Crippen LogP contribution in [0, 0.1) is 6.92 Å². The van der Waals surface area contributed by atoms with Crippen molar-refractivity contribution in [3.63, 3.8) is 0 Å². The average molecular weight is 222 g/mol. The summed E-state index contributed by atoms with van der Waals surface area (Å²) in [5.74, 6) is 0.323. The number of fused-ring (bicyclic) bond motifs is 1. The Bertz CT molecular complexity index is 396. The average Bonchev–Trinajstić information content (AvgIpc) is 2.55. The van der Waals surface area contributed by atoms with Crippen LogP contribution >= 0.6 is 0 Å². The standard InChI is InChI=1S/C12H18N2O2/c1-9-13-10-5-2-3-6-11(10)14(9)8-4-7-12(15)16/h2-8H2,1H3,(H,15,16). The number of imidazole rings is 1. The fourth-order valence-electron chi connectivity index (χ4n) is 2.42. The predicted molar refractivity (Wildman–Crippen MR) is 60.5 cm³/mol. The van der Waals surface area contributed by atoms with Crippen LogP contribution in [0.2, 0.25) is 0 Å². The van der Waals surface area contributed by atoms with E-state index in [-0.39, 0.29) is 6.42 Å². The maximum atomic E-state index is 10.5. The van der Waals surface area contributed by atoms with Crippen molar-refractivity contribution in [2.24, 2.45) is 0 Å². The maximum Gasteiger partial charge on any atom is 0.303 e. The molecule has 2 rings (SSSR count). The van der Waals surface area contributed by atoms with Crippen LogP contribution in [0.5, 0.6) is 0 Å². The van der Waals surface area contributed by atoms with Crippen LogP contribution in [0.15, 0.2) is 0 Å². The second-order valence-electron chi connectivity index (χ2n) is 4.41. The van der Waals surface area contributed by atoms with Gasteiger partial charge in [-0.1, -0.05) is 0 Å². The number of aryl methyl sites for hydroxylation is 2. The van der Waals surface area contributed by atoms with E-state index in [1.54, 1.807) is 0 Å². The molecule has 0 aliphatic heterocycles. The van der Waals surface area contributed by atoms with Gasteiger partial charge in [0.25, 0.3) is 0 Å². The first-order chi connectivity index (χ1) is 7.68. The molecular weight excluding hydrogens is 204 g/mol. The highest BCUT2D eigenvalue weighted by Crippen LogP contribution is 2.22. The van der Waals surface area contributed by atoms with E-state index in [9.17, 15) is 4.79 Å². The molecule has 0 unspecified atom stereocenters. The number of aromatic nitrogens is 2. The molecule has 1 aromatic rings. The second kappa shape index (κ2) is 4.68. The summed E-state index contributed by atoms with van der Waals surface area (Å²) in [7, 11) is 0. The molecule has 1 aliphatic carbocycles. The molecule has 4 nitrogen and oxygen atoms in total. The Kier molecular flexibility index (Phi) is 3.27. The van der Waals surface area contributed by atoms with E-state index in [0.717, 1.165) is 25.2 Å². The third kappa shape index (κ3) is 2.26. The van der Waals surface area contributed by atoms with Crippen molar-refractivity contribution in [1.82, 2.24) is 9.55 Å². The molecule has 0 saturated carbocycles. The molecular formula is C12H18N2O2. The Morgan fingerprint density at radius 1 is 1.44 bits per heavy atom. The molecule has 0 spiro atoms. The van der Waals surface area contributed by atoms with E-state index in [4.69, 9.17) is 5.11 Å². The van der Waals surface area contributed by atoms with Gasteiger partial charge in [0.15, 0.2) is 0 Å². The number of hydrogen-bond acceptors (Lipinski definition) is 2. The van der Waals surface area contributed by atoms with Crippen LogP contribution in [0.25, 0.3) is 0 Å². The topological polar surface area (TPSA) is 55.1 Å². The number of hydrogen-bond donors (Lipinski definition) is 1. The molecule has 1 aromatic heterocycles. The Hall–Kier alpha value is -1.32. The summed E-state index contributed by atoms with van der Waals surface area (Å²) < 4.78 is 2.21. The SMILES string of the molecule is Cc1nc2c(n1CCCC(=O)O)CCCC2. The number of carbonyl (C=O) groups is 1. The Morgan fingerprint density at radius 3 is 2.94 bits per heavy atom. The lowest BCUT2D eigenvalue weighted by Crippen LogP contribution is -2.10. The van der Waals surface area contributed by atoms with Crippen LogP contribution in [-0.4, -0.2) is 20.6 Å². The molecule has 0 aromatic carbocycles. The Morgan fingerprint density at radius 2 is 2.19 bits per heavy atom. The minimum absolute atomic E-state index is 0.242. The number of carboxylic acid groups (broad SMARTS) is 1. The molecule has 1 aliphatic rings. The predicted octanol–water partition coefficient (Wildman–Crippen LogP) is 1.94. The normalized spacial score (nSPS) is 14.8. The van der Waals surface area contributed by atoms with Crippen LogP contribution in [0.4, 0.5) is 0 Å². The van der Waals surface area contributed by atoms with Crippen molar-refractivity contribution in [1.29, 1.82) is 0 Å². The maximum absolute atomic E-state index is 10.5. The molecule has 0 atom stereocenters. The van der Waals surface area contributed by atoms with Crippen molar-refractivity contribution >= 4 is 5.97 Å². The van der Waals surface area contributed by atoms with E-state index < -0.39 is 5.97 Å². The van der Waals surface area contributed by atoms with Gasteiger partial charge in [0.1, 0.15) is 5.82 Å². The lowest BCUT2D eigenvalue weighted by molar-refractivity contribution is -0.137. The molecule has 88 valence electrons. The Balaban J connectivity index is 2.07. The van der Waals surface area contributed by atoms with Gasteiger partial charge in [-0.15, -0.1) is 0 Å². The minimum atomic E-state index is -0.716. The van der Waals surface area contributed by atoms with Crippen LogP contribution in [0.3, 0.4) is 0 Å². The molecule has 0 saturated heterocycles. The van der Waals surface area contributed by atoms with Crippen molar-refractivity contribution in [2.45, 2.75) is 52.0 Å². The van der Waals surface area contributed by atoms with Crippen molar-refractivity contribution in [3.8, 4) is 0 Å². The Labute approximate surface area is 95.3 Å². The summed E-state index contributed by atoms with van der Waals surface area (Å²) in [4.78, 5) is 15.0. The number of carboxylic acids is 1. The van der Waals surface area contributed by atoms with Gasteiger partial charge in [0, 0.05) is 18.7 Å². The fourth-order valence-corrected chi connectivity index (χ4v) is 2.42. The summed E-state index contributed by atoms with van der Waals surface area (Å²) in [5, 5.41) is 8.62. The van der Waals surface area contributed by atoms with Gasteiger partial charge in [0.2, 0.25) is 0 Å². The van der Waals surface area contributed by atoms with Gasteiger partial charge in [-0.2, -0.15) is 0 Å². The highest BCUT2D eigenvalue weighted by Gasteiger charge is 2.17. The van der Waals surface area contributed by atoms with E-state index >= 15 is 0 Å². The van der Waals surface area contributed by atoms with Crippen molar-refractivity contribution in [2.75, 3.05) is 0 Å². The summed E-state index contributed by atoms with van der Waals surface area (Å²) in [5.41, 5.74) is 2.58. The quantitative estimate of drug-likeness (QED) is 0.847. The van der Waals surface area contributed by atoms with E-state index in [0.29, 0.717) is 6.42 Å². The third-order valence-corrected chi connectivity index (χ3v) is 3.20. The van der Waals surface area contributed by atoms with E-state index in [1.165, 1.54) is 24.2 Å². The van der Waals surface area contributed by atoms with Gasteiger partial charge in [-0.3, -0.25) is 4.79 Å². The van der Waals surface area contributed by atoms with E-state index in [1.807, 2.05) is 6.92 Å². The molecule has 0 radical (unpaired) electrons. The zero-order chi connectivity index (χ0) is 11.5. The van der Waals surface area contributed by atoms with Crippen LogP contribution in [-0.2, 0) is 24.2 Å². The smallest absolute Gasteiger partial charge is 0.303 e. The van der Waals surface area contributed by atoms with Gasteiger partial charge in [-0.05, 0) is 39.0 Å². The van der Waals surface area contributed by atoms with Gasteiger partial charge < -0.3 is 9.67 Å². The third-order valence-electron chi connectivity index (χ3n) is 3.20. The summed E-state index contributed by atoms with van der Waals surface area (Å²) in [6.07, 6.45) is 5.59. The number of aliphatic carboxylic acids is 1. The molecule has 0 fully saturated rings. The largest absolute Gasteiger partial charge is 0.481 e. The summed E-state index contributed by atoms with van der Waals surface area (Å²) in [6, 6.07) is 0. The first-order valence-electron chi connectivity index (χ1n) is 5.95. The number of rotatable bonds is 4. The minimum Gasteiger partial charge on any atom is -0.481 e. The molecule has 16 heavy (non-hydrogen) atoms. The summed E-state index contributed by atoms with van der Waals surface area (Å²) >= 11 is 0. The first-order valence-corrected chi connectivity index (χ1v) is 5.95. The van der Waals surface area contributed by atoms with Crippen molar-refractivity contribution in [3.05, 3.63) is 17.2 Å². The molecule has 0 bridgehead atoms. The first kappa shape index (κ1) is 11.2. The molecule has 0 amide bonds. The molecule has 4 heteroatoms. The van der Waals surface area contributed by atoms with Gasteiger partial charge >= 0.3 is 5.97 Å². The monoisotopic (exact) mass is 222 g/mol. The number of nitrogens with zero attached hydrogens (tertiary/aromatic N) is 2. The zero-order valence-electron chi connectivity index (χ0n) is 9.70. The lowest BCUT2D eigenvalue weighted by atomic mass is 10.0. The highest BCUT2D eigenvalue weighted by atomic mass is 16.4. The zero-order valence-corrected chi connectivity index (χ0v) is 9.70. The molecule has 1 heterocycles. The molecule has 1 N–H and O–H groups in total. The van der Waals surface area contributed by atoms with E-state index in [2.05, 4.69) is 9.55 Å². The summed E-state index contributed by atoms with van der Waals surface area (Å²) in [6.45, 7) is 2.81. The van der Waals surface area contributed by atoms with Crippen molar-refractivity contribution < 1.29 is 9.90 Å². The van der Waals surface area contributed by atoms with Gasteiger partial charge in [0.05, 0.1) is 5.69 Å². The van der Waals surface area contributed by atoms with Crippen LogP contribution in [0.1, 0.15) is 42.9 Å². The fraction of sp³-hybridized carbons (Fsp3) is 0.667. The van der Waals surface area contributed by atoms with Gasteiger partial charge in [-0.25, -0.2) is 4.98 Å². The lowest BCUT2D eigenvalue weighted by Gasteiger charge is -2.14. The van der Waals surface area contributed by atoms with Crippen LogP contribution < -0.4 is 0 Å². The highest BCUT2D eigenvalue weighted by molar-refractivity contribution is 5.66.